The molecule has 6 nitrogen and oxygen atoms in total. The number of likely N-dealkylation sites (N-methyl/N-ethyl adjacent to an activating group) is 2. The molecule has 1 atom stereocenters. The van der Waals surface area contributed by atoms with Gasteiger partial charge in [-0.2, -0.15) is 0 Å². The predicted octanol–water partition coefficient (Wildman–Crippen LogP) is 1.65. The Morgan fingerprint density at radius 1 is 1.30 bits per heavy atom. The van der Waals surface area contributed by atoms with Gasteiger partial charge in [-0.25, -0.2) is 4.79 Å². The molecule has 1 aliphatic heterocycles. The lowest BCUT2D eigenvalue weighted by Crippen LogP contribution is -2.38. The Morgan fingerprint density at radius 3 is 2.57 bits per heavy atom. The van der Waals surface area contributed by atoms with Crippen LogP contribution in [0.5, 0.6) is 0 Å². The van der Waals surface area contributed by atoms with Gasteiger partial charge in [-0.1, -0.05) is 12.1 Å². The fraction of sp³-hybridized carbons (Fsp3) is 0.438. The average Bonchev–Trinajstić information content (AvgIpc) is 2.72. The number of hydrogen-bond donors (Lipinski definition) is 0. The summed E-state index contributed by atoms with van der Waals surface area (Å²) in [6.45, 7) is 0.474. The molecule has 0 saturated carbocycles. The fourth-order valence-corrected chi connectivity index (χ4v) is 3.02. The predicted molar refractivity (Wildman–Crippen MR) is 89.0 cm³/mol. The largest absolute Gasteiger partial charge is 0.341 e. The second-order valence-corrected chi connectivity index (χ2v) is 6.49. The molecule has 4 amide bonds. The Morgan fingerprint density at radius 2 is 2.00 bits per heavy atom. The molecule has 124 valence electrons. The Balaban J connectivity index is 2.00. The SMILES string of the molecule is CSc1cccc(CN(C)C(=O)C[C@@H]2C(=O)N(C)C(=O)N2C)c1. The zero-order valence-electron chi connectivity index (χ0n) is 13.8. The molecule has 0 bridgehead atoms. The Labute approximate surface area is 140 Å². The van der Waals surface area contributed by atoms with Gasteiger partial charge < -0.3 is 9.80 Å². The third-order valence-electron chi connectivity index (χ3n) is 4.02. The summed E-state index contributed by atoms with van der Waals surface area (Å²) < 4.78 is 0. The van der Waals surface area contributed by atoms with Crippen molar-refractivity contribution in [2.75, 3.05) is 27.4 Å². The third kappa shape index (κ3) is 3.67. The number of urea groups is 1. The molecule has 0 N–H and O–H groups in total. The maximum atomic E-state index is 12.4. The molecule has 0 aliphatic carbocycles. The number of imide groups is 1. The van der Waals surface area contributed by atoms with E-state index in [2.05, 4.69) is 0 Å². The number of benzene rings is 1. The highest BCUT2D eigenvalue weighted by Gasteiger charge is 2.42. The van der Waals surface area contributed by atoms with Crippen molar-refractivity contribution in [1.82, 2.24) is 14.7 Å². The van der Waals surface area contributed by atoms with Crippen LogP contribution < -0.4 is 0 Å². The zero-order valence-corrected chi connectivity index (χ0v) is 14.6. The maximum absolute atomic E-state index is 12.4. The van der Waals surface area contributed by atoms with Crippen LogP contribution in [0.1, 0.15) is 12.0 Å². The van der Waals surface area contributed by atoms with E-state index >= 15 is 0 Å². The molecule has 2 rings (SSSR count). The normalized spacial score (nSPS) is 17.8. The van der Waals surface area contributed by atoms with E-state index in [0.717, 1.165) is 15.4 Å². The lowest BCUT2D eigenvalue weighted by molar-refractivity contribution is -0.135. The summed E-state index contributed by atoms with van der Waals surface area (Å²) in [6.07, 6.45) is 2.01. The molecule has 1 saturated heterocycles. The van der Waals surface area contributed by atoms with Crippen molar-refractivity contribution in [2.24, 2.45) is 0 Å². The van der Waals surface area contributed by atoms with E-state index in [1.807, 2.05) is 30.5 Å². The average molecular weight is 335 g/mol. The third-order valence-corrected chi connectivity index (χ3v) is 4.74. The van der Waals surface area contributed by atoms with E-state index < -0.39 is 6.04 Å². The van der Waals surface area contributed by atoms with Crippen molar-refractivity contribution in [1.29, 1.82) is 0 Å². The fourth-order valence-electron chi connectivity index (χ4n) is 2.53. The van der Waals surface area contributed by atoms with Crippen LogP contribution in [0.2, 0.25) is 0 Å². The lowest BCUT2D eigenvalue weighted by atomic mass is 10.1. The van der Waals surface area contributed by atoms with E-state index in [9.17, 15) is 14.4 Å². The first-order chi connectivity index (χ1) is 10.8. The van der Waals surface area contributed by atoms with Gasteiger partial charge in [0.25, 0.3) is 5.91 Å². The van der Waals surface area contributed by atoms with Crippen molar-refractivity contribution in [3.05, 3.63) is 29.8 Å². The van der Waals surface area contributed by atoms with Gasteiger partial charge in [-0.05, 0) is 24.0 Å². The number of carbonyl (C=O) groups is 3. The summed E-state index contributed by atoms with van der Waals surface area (Å²) in [6, 6.07) is 6.90. The van der Waals surface area contributed by atoms with E-state index in [-0.39, 0.29) is 24.3 Å². The van der Waals surface area contributed by atoms with E-state index in [1.165, 1.54) is 11.9 Å². The smallest absolute Gasteiger partial charge is 0.326 e. The second-order valence-electron chi connectivity index (χ2n) is 5.61. The van der Waals surface area contributed by atoms with Crippen molar-refractivity contribution in [3.8, 4) is 0 Å². The summed E-state index contributed by atoms with van der Waals surface area (Å²) >= 11 is 1.65. The van der Waals surface area contributed by atoms with Crippen LogP contribution in [-0.4, -0.2) is 66.0 Å². The second kappa shape index (κ2) is 7.04. The minimum atomic E-state index is -0.708. The van der Waals surface area contributed by atoms with Crippen LogP contribution in [0, 0.1) is 0 Å². The van der Waals surface area contributed by atoms with E-state index in [1.54, 1.807) is 30.8 Å². The molecule has 1 fully saturated rings. The highest BCUT2D eigenvalue weighted by molar-refractivity contribution is 7.98. The topological polar surface area (TPSA) is 60.9 Å². The molecule has 23 heavy (non-hydrogen) atoms. The van der Waals surface area contributed by atoms with Crippen molar-refractivity contribution in [3.63, 3.8) is 0 Å². The van der Waals surface area contributed by atoms with Gasteiger partial charge in [-0.3, -0.25) is 14.5 Å². The molecule has 1 aliphatic rings. The molecule has 0 aromatic heterocycles. The van der Waals surface area contributed by atoms with Crippen LogP contribution in [0.15, 0.2) is 29.2 Å². The van der Waals surface area contributed by atoms with E-state index in [4.69, 9.17) is 0 Å². The first kappa shape index (κ1) is 17.3. The molecule has 1 heterocycles. The first-order valence-electron chi connectivity index (χ1n) is 7.26. The van der Waals surface area contributed by atoms with Gasteiger partial charge in [0.1, 0.15) is 6.04 Å². The summed E-state index contributed by atoms with van der Waals surface area (Å²) in [5.41, 5.74) is 1.03. The van der Waals surface area contributed by atoms with Crippen molar-refractivity contribution >= 4 is 29.6 Å². The number of nitrogens with zero attached hydrogens (tertiary/aromatic N) is 3. The summed E-state index contributed by atoms with van der Waals surface area (Å²) in [5.74, 6) is -0.489. The van der Waals surface area contributed by atoms with Crippen LogP contribution in [-0.2, 0) is 16.1 Å². The van der Waals surface area contributed by atoms with Gasteiger partial charge in [-0.15, -0.1) is 11.8 Å². The number of rotatable bonds is 5. The maximum Gasteiger partial charge on any atom is 0.326 e. The molecule has 0 spiro atoms. The minimum Gasteiger partial charge on any atom is -0.341 e. The number of carbonyl (C=O) groups excluding carboxylic acids is 3. The number of amides is 4. The molecular formula is C16H21N3O3S. The quantitative estimate of drug-likeness (QED) is 0.606. The van der Waals surface area contributed by atoms with E-state index in [0.29, 0.717) is 6.54 Å². The van der Waals surface area contributed by atoms with Gasteiger partial charge in [0.15, 0.2) is 0 Å². The van der Waals surface area contributed by atoms with Gasteiger partial charge in [0.2, 0.25) is 5.91 Å². The Bertz CT molecular complexity index is 635. The Hall–Kier alpha value is -2.02. The standard InChI is InChI=1S/C16H21N3O3S/c1-17(10-11-6-5-7-12(8-11)23-4)14(20)9-13-15(21)19(3)16(22)18(13)2/h5-8,13H,9-10H2,1-4H3/t13-/m1/s1. The van der Waals surface area contributed by atoms with Crippen LogP contribution >= 0.6 is 11.8 Å². The highest BCUT2D eigenvalue weighted by Crippen LogP contribution is 2.19. The summed E-state index contributed by atoms with van der Waals surface area (Å²) in [7, 11) is 4.69. The molecular weight excluding hydrogens is 314 g/mol. The van der Waals surface area contributed by atoms with Gasteiger partial charge >= 0.3 is 6.03 Å². The molecule has 0 radical (unpaired) electrons. The monoisotopic (exact) mass is 335 g/mol. The van der Waals surface area contributed by atoms with Gasteiger partial charge in [0, 0.05) is 32.6 Å². The number of thioether (sulfide) groups is 1. The van der Waals surface area contributed by atoms with Crippen LogP contribution in [0.25, 0.3) is 0 Å². The highest BCUT2D eigenvalue weighted by atomic mass is 32.2. The van der Waals surface area contributed by atoms with Crippen LogP contribution in [0.3, 0.4) is 0 Å². The van der Waals surface area contributed by atoms with Crippen molar-refractivity contribution < 1.29 is 14.4 Å². The minimum absolute atomic E-state index is 0.00410. The number of hydrogen-bond acceptors (Lipinski definition) is 4. The Kier molecular flexibility index (Phi) is 5.30. The molecule has 1 aromatic rings. The molecule has 7 heteroatoms. The summed E-state index contributed by atoms with van der Waals surface area (Å²) in [4.78, 5) is 41.2. The van der Waals surface area contributed by atoms with Crippen LogP contribution in [0.4, 0.5) is 4.79 Å². The zero-order chi connectivity index (χ0) is 17.1. The van der Waals surface area contributed by atoms with Gasteiger partial charge in [0.05, 0.1) is 6.42 Å². The molecule has 0 unspecified atom stereocenters. The lowest BCUT2D eigenvalue weighted by Gasteiger charge is -2.21. The summed E-state index contributed by atoms with van der Waals surface area (Å²) in [5, 5.41) is 0. The van der Waals surface area contributed by atoms with Crippen molar-refractivity contribution in [2.45, 2.75) is 23.9 Å². The first-order valence-corrected chi connectivity index (χ1v) is 8.49. The molecule has 1 aromatic carbocycles.